The van der Waals surface area contributed by atoms with E-state index in [0.717, 1.165) is 48.9 Å². The molecule has 1 saturated carbocycles. The molecule has 4 amide bonds. The topological polar surface area (TPSA) is 158 Å². The minimum absolute atomic E-state index is 0.00553. The average molecular weight is 840 g/mol. The second-order valence-corrected chi connectivity index (χ2v) is 18.0. The van der Waals surface area contributed by atoms with Gasteiger partial charge in [-0.05, 0) is 67.4 Å². The Labute approximate surface area is 362 Å². The van der Waals surface area contributed by atoms with Crippen molar-refractivity contribution in [1.29, 1.82) is 0 Å². The number of fused-ring (bicyclic) bond motifs is 2. The molecule has 0 radical (unpaired) electrons. The summed E-state index contributed by atoms with van der Waals surface area (Å²) in [7, 11) is 4.96. The van der Waals surface area contributed by atoms with E-state index in [1.807, 2.05) is 86.3 Å². The van der Waals surface area contributed by atoms with Gasteiger partial charge in [0.25, 0.3) is 0 Å². The molecule has 4 N–H and O–H groups in total. The molecule has 13 nitrogen and oxygen atoms in total. The predicted molar refractivity (Wildman–Crippen MR) is 236 cm³/mol. The van der Waals surface area contributed by atoms with Gasteiger partial charge in [-0.2, -0.15) is 0 Å². The van der Waals surface area contributed by atoms with Crippen molar-refractivity contribution in [3.63, 3.8) is 0 Å². The lowest BCUT2D eigenvalue weighted by molar-refractivity contribution is -0.147. The van der Waals surface area contributed by atoms with Gasteiger partial charge in [0.1, 0.15) is 11.9 Å². The minimum Gasteiger partial charge on any atom is -0.379 e. The zero-order valence-corrected chi connectivity index (χ0v) is 37.4. The predicted octanol–water partition coefficient (Wildman–Crippen LogP) is 5.68. The maximum absolute atomic E-state index is 14.4. The number of nitrogens with one attached hydrogen (secondary N) is 4. The third kappa shape index (κ3) is 10.7. The molecule has 2 bridgehead atoms. The first-order valence-electron chi connectivity index (χ1n) is 22.5. The quantitative estimate of drug-likeness (QED) is 0.113. The first kappa shape index (κ1) is 45.9. The number of benzene rings is 2. The lowest BCUT2D eigenvalue weighted by atomic mass is 9.89. The van der Waals surface area contributed by atoms with Crippen LogP contribution in [0.5, 0.6) is 0 Å². The van der Waals surface area contributed by atoms with E-state index in [2.05, 4.69) is 34.8 Å². The summed E-state index contributed by atoms with van der Waals surface area (Å²) < 4.78 is 12.2. The number of hydrogen-bond donors (Lipinski definition) is 4. The summed E-state index contributed by atoms with van der Waals surface area (Å²) in [5.74, 6) is -0.412. The smallest absolute Gasteiger partial charge is 0.245 e. The lowest BCUT2D eigenvalue weighted by Gasteiger charge is -2.41. The van der Waals surface area contributed by atoms with Crippen LogP contribution in [0.4, 0.5) is 0 Å². The highest BCUT2D eigenvalue weighted by Crippen LogP contribution is 2.36. The number of H-pyrrole nitrogens is 1. The fourth-order valence-electron chi connectivity index (χ4n) is 10.1. The van der Waals surface area contributed by atoms with E-state index in [1.54, 1.807) is 32.4 Å². The number of methoxy groups -OCH3 is 2. The van der Waals surface area contributed by atoms with Crippen molar-refractivity contribution in [2.24, 2.45) is 23.7 Å². The molecular formula is C48H69N7O6. The summed E-state index contributed by atoms with van der Waals surface area (Å²) in [5.41, 5.74) is 2.92. The second kappa shape index (κ2) is 21.0. The van der Waals surface area contributed by atoms with Gasteiger partial charge in [-0.25, -0.2) is 4.98 Å². The van der Waals surface area contributed by atoms with Crippen LogP contribution in [0.1, 0.15) is 97.0 Å². The van der Waals surface area contributed by atoms with Crippen LogP contribution in [0.15, 0.2) is 66.9 Å². The number of nitrogens with zero attached hydrogens (tertiary/aromatic N) is 3. The molecule has 0 spiro atoms. The van der Waals surface area contributed by atoms with Crippen LogP contribution < -0.4 is 16.0 Å². The Balaban J connectivity index is 1.14. The summed E-state index contributed by atoms with van der Waals surface area (Å²) in [6, 6.07) is 18.1. The summed E-state index contributed by atoms with van der Waals surface area (Å²) in [4.78, 5) is 68.2. The van der Waals surface area contributed by atoms with Crippen LogP contribution in [-0.2, 0) is 35.1 Å². The van der Waals surface area contributed by atoms with E-state index in [4.69, 9.17) is 14.5 Å². The van der Waals surface area contributed by atoms with Crippen molar-refractivity contribution in [1.82, 2.24) is 35.7 Å². The van der Waals surface area contributed by atoms with Crippen molar-refractivity contribution in [3.05, 3.63) is 78.2 Å². The molecule has 2 aromatic carbocycles. The molecule has 1 aliphatic carbocycles. The van der Waals surface area contributed by atoms with Crippen molar-refractivity contribution >= 4 is 23.6 Å². The third-order valence-corrected chi connectivity index (χ3v) is 13.7. The number of rotatable bonds is 20. The zero-order valence-electron chi connectivity index (χ0n) is 37.4. The molecular weight excluding hydrogens is 771 g/mol. The Bertz CT molecular complexity index is 1910. The van der Waals surface area contributed by atoms with E-state index in [0.29, 0.717) is 37.2 Å². The lowest BCUT2D eigenvalue weighted by Crippen LogP contribution is -2.59. The Morgan fingerprint density at radius 1 is 0.934 bits per heavy atom. The average Bonchev–Trinajstić information content (AvgIpc) is 4.12. The number of likely N-dealkylation sites (N-methyl/N-ethyl adjacent to an activating group) is 1. The molecule has 11 atom stereocenters. The third-order valence-electron chi connectivity index (χ3n) is 13.7. The molecule has 61 heavy (non-hydrogen) atoms. The molecule has 13 heteroatoms. The van der Waals surface area contributed by atoms with E-state index < -0.39 is 36.3 Å². The Kier molecular flexibility index (Phi) is 15.8. The molecule has 332 valence electrons. The molecule has 2 aliphatic heterocycles. The van der Waals surface area contributed by atoms with E-state index in [1.165, 1.54) is 0 Å². The first-order chi connectivity index (χ1) is 29.3. The number of aromatic amines is 1. The number of ether oxygens (including phenoxy) is 2. The number of carbonyl (C=O) groups excluding carboxylic acids is 4. The molecule has 2 saturated heterocycles. The van der Waals surface area contributed by atoms with Crippen molar-refractivity contribution in [3.8, 4) is 11.3 Å². The van der Waals surface area contributed by atoms with Crippen molar-refractivity contribution < 1.29 is 28.7 Å². The Morgan fingerprint density at radius 2 is 1.64 bits per heavy atom. The summed E-state index contributed by atoms with van der Waals surface area (Å²) in [5, 5.41) is 9.83. The van der Waals surface area contributed by atoms with Gasteiger partial charge in [0.15, 0.2) is 0 Å². The second-order valence-electron chi connectivity index (χ2n) is 18.0. The zero-order chi connectivity index (χ0) is 43.8. The van der Waals surface area contributed by atoms with Gasteiger partial charge >= 0.3 is 0 Å². The highest BCUT2D eigenvalue weighted by Gasteiger charge is 2.46. The highest BCUT2D eigenvalue weighted by atomic mass is 16.5. The van der Waals surface area contributed by atoms with E-state index in [9.17, 15) is 19.2 Å². The maximum Gasteiger partial charge on any atom is 0.245 e. The number of piperidine rings is 1. The van der Waals surface area contributed by atoms with E-state index >= 15 is 0 Å². The SMILES string of the molecule is CCC(C)C(C(CC(=O)N1CCC[C@H]1C(OC)C(C)C(=O)NC(Cc1ccccc1)c1ncc(-c2ccccc2)[nH]1)OC)N(C)C(=O)C(NC(=O)[C@H]1N[C@@H]2CC[C@H]1C2)C(C)C. The fraction of sp³-hybridized carbons (Fsp3) is 0.604. The number of aromatic nitrogens is 2. The molecule has 7 unspecified atom stereocenters. The summed E-state index contributed by atoms with van der Waals surface area (Å²) in [6.07, 6.45) is 6.53. The van der Waals surface area contributed by atoms with Gasteiger partial charge in [-0.1, -0.05) is 102 Å². The van der Waals surface area contributed by atoms with Crippen LogP contribution >= 0.6 is 0 Å². The van der Waals surface area contributed by atoms with Crippen LogP contribution in [0.2, 0.25) is 0 Å². The molecule has 6 rings (SSSR count). The fourth-order valence-corrected chi connectivity index (χ4v) is 10.1. The highest BCUT2D eigenvalue weighted by molar-refractivity contribution is 5.90. The molecule has 3 aliphatic rings. The number of amides is 4. The van der Waals surface area contributed by atoms with Gasteiger partial charge in [-0.3, -0.25) is 19.2 Å². The van der Waals surface area contributed by atoms with Gasteiger partial charge in [0.2, 0.25) is 23.6 Å². The first-order valence-corrected chi connectivity index (χ1v) is 22.5. The van der Waals surface area contributed by atoms with Crippen molar-refractivity contribution in [2.75, 3.05) is 27.8 Å². The van der Waals surface area contributed by atoms with E-state index in [-0.39, 0.29) is 54.0 Å². The number of carbonyl (C=O) groups is 4. The Morgan fingerprint density at radius 3 is 2.25 bits per heavy atom. The monoisotopic (exact) mass is 840 g/mol. The molecule has 1 aromatic heterocycles. The molecule has 3 fully saturated rings. The summed E-state index contributed by atoms with van der Waals surface area (Å²) >= 11 is 0. The largest absolute Gasteiger partial charge is 0.379 e. The maximum atomic E-state index is 14.4. The van der Waals surface area contributed by atoms with Gasteiger partial charge in [0, 0.05) is 33.9 Å². The molecule has 3 aromatic rings. The van der Waals surface area contributed by atoms with Crippen molar-refractivity contribution in [2.45, 2.75) is 134 Å². The number of hydrogen-bond acceptors (Lipinski definition) is 8. The van der Waals surface area contributed by atoms with Crippen LogP contribution in [-0.4, -0.2) is 114 Å². The van der Waals surface area contributed by atoms with Crippen LogP contribution in [0, 0.1) is 23.7 Å². The minimum atomic E-state index is -0.720. The standard InChI is InChI=1S/C48H69N7O6/c1-9-30(4)43(54(6)48(59)41(29(2)3)53-47(58)42-34-22-23-35(26-34)50-42)39(60-7)27-40(56)55-24-16-21-38(55)44(61-8)31(5)46(57)52-36(25-32-17-12-10-13-18-32)45-49-28-37(51-45)33-19-14-11-15-20-33/h10-15,17-20,28-31,34-36,38-39,41-44,50H,9,16,21-27H2,1-8H3,(H,49,51)(H,52,57)(H,53,58)/t30?,31?,34-,35+,36?,38-,39?,41?,42-,43?,44?/m0/s1. The van der Waals surface area contributed by atoms with Crippen LogP contribution in [0.25, 0.3) is 11.3 Å². The Hall–Kier alpha value is -4.59. The van der Waals surface area contributed by atoms with Gasteiger partial charge in [-0.15, -0.1) is 0 Å². The normalized spacial score (nSPS) is 23.2. The van der Waals surface area contributed by atoms with Gasteiger partial charge < -0.3 is 40.2 Å². The molecule has 3 heterocycles. The number of likely N-dealkylation sites (tertiary alicyclic amines) is 1. The number of imidazole rings is 1. The van der Waals surface area contributed by atoms with Crippen LogP contribution in [0.3, 0.4) is 0 Å². The summed E-state index contributed by atoms with van der Waals surface area (Å²) in [6.45, 7) is 10.4. The van der Waals surface area contributed by atoms with Gasteiger partial charge in [0.05, 0.1) is 60.6 Å².